The molecule has 1 saturated heterocycles. The number of benzene rings is 1. The van der Waals surface area contributed by atoms with Gasteiger partial charge in [0.15, 0.2) is 0 Å². The Labute approximate surface area is 115 Å². The van der Waals surface area contributed by atoms with Gasteiger partial charge in [-0.15, -0.1) is 0 Å². The number of halogens is 1. The first-order chi connectivity index (χ1) is 9.04. The van der Waals surface area contributed by atoms with E-state index in [1.54, 1.807) is 6.07 Å². The zero-order chi connectivity index (χ0) is 13.9. The van der Waals surface area contributed by atoms with Crippen molar-refractivity contribution >= 4 is 5.69 Å². The molecule has 4 heteroatoms. The summed E-state index contributed by atoms with van der Waals surface area (Å²) in [6.45, 7) is 9.19. The number of hydrogen-bond acceptors (Lipinski definition) is 3. The molecule has 1 aromatic carbocycles. The van der Waals surface area contributed by atoms with E-state index in [-0.39, 0.29) is 11.4 Å². The molecule has 2 rings (SSSR count). The van der Waals surface area contributed by atoms with E-state index in [1.165, 1.54) is 6.07 Å². The van der Waals surface area contributed by atoms with Crippen LogP contribution in [0.5, 0.6) is 0 Å². The van der Waals surface area contributed by atoms with Crippen molar-refractivity contribution in [3.05, 3.63) is 30.1 Å². The van der Waals surface area contributed by atoms with Crippen molar-refractivity contribution in [2.45, 2.75) is 19.4 Å². The molecule has 1 heterocycles. The molecule has 0 atom stereocenters. The van der Waals surface area contributed by atoms with Crippen molar-refractivity contribution in [2.24, 2.45) is 0 Å². The quantitative estimate of drug-likeness (QED) is 0.897. The lowest BCUT2D eigenvalue weighted by Crippen LogP contribution is -2.57. The second-order valence-corrected chi connectivity index (χ2v) is 5.77. The lowest BCUT2D eigenvalue weighted by molar-refractivity contribution is 0.112. The van der Waals surface area contributed by atoms with Crippen LogP contribution in [0.3, 0.4) is 0 Å². The van der Waals surface area contributed by atoms with E-state index in [4.69, 9.17) is 0 Å². The zero-order valence-electron chi connectivity index (χ0n) is 12.1. The number of para-hydroxylation sites is 1. The normalized spacial score (nSPS) is 17.8. The van der Waals surface area contributed by atoms with Crippen molar-refractivity contribution in [1.82, 2.24) is 10.2 Å². The molecule has 0 saturated carbocycles. The van der Waals surface area contributed by atoms with Gasteiger partial charge in [-0.05, 0) is 33.0 Å². The molecular weight excluding hydrogens is 241 g/mol. The summed E-state index contributed by atoms with van der Waals surface area (Å²) in [4.78, 5) is 4.61. The van der Waals surface area contributed by atoms with Crippen LogP contribution in [0.2, 0.25) is 0 Å². The highest BCUT2D eigenvalue weighted by molar-refractivity contribution is 5.48. The lowest BCUT2D eigenvalue weighted by atomic mass is 10.0. The maximum Gasteiger partial charge on any atom is 0.146 e. The molecule has 0 amide bonds. The van der Waals surface area contributed by atoms with Gasteiger partial charge in [0, 0.05) is 38.3 Å². The summed E-state index contributed by atoms with van der Waals surface area (Å²) in [6, 6.07) is 7.04. The summed E-state index contributed by atoms with van der Waals surface area (Å²) in [5.74, 6) is -0.120. The van der Waals surface area contributed by atoms with E-state index in [9.17, 15) is 4.39 Å². The van der Waals surface area contributed by atoms with E-state index < -0.39 is 0 Å². The highest BCUT2D eigenvalue weighted by atomic mass is 19.1. The Hall–Kier alpha value is -1.13. The standard InChI is InChI=1S/C15H24FN3/c1-15(2,12-17-3)19-10-8-18(9-11-19)14-7-5-4-6-13(14)16/h4-7,17H,8-12H2,1-3H3. The number of anilines is 1. The summed E-state index contributed by atoms with van der Waals surface area (Å²) in [5.41, 5.74) is 0.879. The number of rotatable bonds is 4. The summed E-state index contributed by atoms with van der Waals surface area (Å²) < 4.78 is 13.8. The fourth-order valence-electron chi connectivity index (χ4n) is 2.81. The third-order valence-corrected chi connectivity index (χ3v) is 3.94. The average molecular weight is 265 g/mol. The molecule has 0 bridgehead atoms. The van der Waals surface area contributed by atoms with Gasteiger partial charge in [-0.2, -0.15) is 0 Å². The van der Waals surface area contributed by atoms with Crippen molar-refractivity contribution in [3.63, 3.8) is 0 Å². The van der Waals surface area contributed by atoms with Crippen molar-refractivity contribution in [3.8, 4) is 0 Å². The van der Waals surface area contributed by atoms with E-state index in [0.29, 0.717) is 0 Å². The molecule has 106 valence electrons. The molecule has 1 fully saturated rings. The summed E-state index contributed by atoms with van der Waals surface area (Å²) in [6.07, 6.45) is 0. The highest BCUT2D eigenvalue weighted by Crippen LogP contribution is 2.22. The van der Waals surface area contributed by atoms with E-state index in [2.05, 4.69) is 29.0 Å². The Morgan fingerprint density at radius 3 is 2.37 bits per heavy atom. The highest BCUT2D eigenvalue weighted by Gasteiger charge is 2.29. The fourth-order valence-corrected chi connectivity index (χ4v) is 2.81. The summed E-state index contributed by atoms with van der Waals surface area (Å²) in [5, 5.41) is 3.24. The molecule has 3 nitrogen and oxygen atoms in total. The largest absolute Gasteiger partial charge is 0.367 e. The maximum atomic E-state index is 13.8. The predicted octanol–water partition coefficient (Wildman–Crippen LogP) is 1.95. The maximum absolute atomic E-state index is 13.8. The fraction of sp³-hybridized carbons (Fsp3) is 0.600. The predicted molar refractivity (Wildman–Crippen MR) is 78.2 cm³/mol. The number of piperazine rings is 1. The topological polar surface area (TPSA) is 18.5 Å². The van der Waals surface area contributed by atoms with Crippen LogP contribution < -0.4 is 10.2 Å². The van der Waals surface area contributed by atoms with Gasteiger partial charge in [0.1, 0.15) is 5.82 Å². The summed E-state index contributed by atoms with van der Waals surface area (Å²) in [7, 11) is 1.98. The minimum Gasteiger partial charge on any atom is -0.367 e. The van der Waals surface area contributed by atoms with Crippen LogP contribution in [0, 0.1) is 5.82 Å². The van der Waals surface area contributed by atoms with Gasteiger partial charge in [0.25, 0.3) is 0 Å². The van der Waals surface area contributed by atoms with Crippen LogP contribution in [0.4, 0.5) is 10.1 Å². The number of nitrogens with one attached hydrogen (secondary N) is 1. The average Bonchev–Trinajstić information content (AvgIpc) is 2.39. The first-order valence-electron chi connectivity index (χ1n) is 6.94. The molecular formula is C15H24FN3. The van der Waals surface area contributed by atoms with Crippen LogP contribution >= 0.6 is 0 Å². The van der Waals surface area contributed by atoms with E-state index >= 15 is 0 Å². The van der Waals surface area contributed by atoms with Crippen LogP contribution in [-0.4, -0.2) is 50.2 Å². The smallest absolute Gasteiger partial charge is 0.146 e. The SMILES string of the molecule is CNCC(C)(C)N1CCN(c2ccccc2F)CC1. The molecule has 1 aromatic rings. The van der Waals surface area contributed by atoms with Crippen molar-refractivity contribution in [1.29, 1.82) is 0 Å². The Bertz CT molecular complexity index is 412. The second-order valence-electron chi connectivity index (χ2n) is 5.77. The molecule has 0 unspecified atom stereocenters. The van der Waals surface area contributed by atoms with Crippen LogP contribution in [0.1, 0.15) is 13.8 Å². The van der Waals surface area contributed by atoms with E-state index in [0.717, 1.165) is 38.4 Å². The van der Waals surface area contributed by atoms with Gasteiger partial charge in [0.2, 0.25) is 0 Å². The monoisotopic (exact) mass is 265 g/mol. The number of hydrogen-bond donors (Lipinski definition) is 1. The van der Waals surface area contributed by atoms with Crippen molar-refractivity contribution < 1.29 is 4.39 Å². The Morgan fingerprint density at radius 2 is 1.79 bits per heavy atom. The second kappa shape index (κ2) is 5.88. The third kappa shape index (κ3) is 3.25. The van der Waals surface area contributed by atoms with Gasteiger partial charge in [-0.1, -0.05) is 12.1 Å². The minimum absolute atomic E-state index is 0.120. The van der Waals surface area contributed by atoms with Gasteiger partial charge in [-0.3, -0.25) is 4.90 Å². The summed E-state index contributed by atoms with van der Waals surface area (Å²) >= 11 is 0. The first-order valence-corrected chi connectivity index (χ1v) is 6.94. The van der Waals surface area contributed by atoms with Gasteiger partial charge in [0.05, 0.1) is 5.69 Å². The zero-order valence-corrected chi connectivity index (χ0v) is 12.1. The molecule has 1 N–H and O–H groups in total. The number of nitrogens with zero attached hydrogens (tertiary/aromatic N) is 2. The number of likely N-dealkylation sites (N-methyl/N-ethyl adjacent to an activating group) is 1. The van der Waals surface area contributed by atoms with Crippen LogP contribution in [-0.2, 0) is 0 Å². The molecule has 0 aromatic heterocycles. The molecule has 19 heavy (non-hydrogen) atoms. The Morgan fingerprint density at radius 1 is 1.16 bits per heavy atom. The van der Waals surface area contributed by atoms with Gasteiger partial charge >= 0.3 is 0 Å². The molecule has 0 radical (unpaired) electrons. The third-order valence-electron chi connectivity index (χ3n) is 3.94. The molecule has 0 aliphatic carbocycles. The van der Waals surface area contributed by atoms with Crippen LogP contribution in [0.25, 0.3) is 0 Å². The molecule has 1 aliphatic heterocycles. The first kappa shape index (κ1) is 14.3. The molecule has 1 aliphatic rings. The lowest BCUT2D eigenvalue weighted by Gasteiger charge is -2.44. The minimum atomic E-state index is -0.120. The van der Waals surface area contributed by atoms with Crippen molar-refractivity contribution in [2.75, 3.05) is 44.7 Å². The van der Waals surface area contributed by atoms with Gasteiger partial charge < -0.3 is 10.2 Å². The Balaban J connectivity index is 1.98. The van der Waals surface area contributed by atoms with Crippen LogP contribution in [0.15, 0.2) is 24.3 Å². The van der Waals surface area contributed by atoms with E-state index in [1.807, 2.05) is 19.2 Å². The van der Waals surface area contributed by atoms with Gasteiger partial charge in [-0.25, -0.2) is 4.39 Å². The molecule has 0 spiro atoms. The Kier molecular flexibility index (Phi) is 4.42.